The van der Waals surface area contributed by atoms with Crippen LogP contribution in [0.1, 0.15) is 35.2 Å². The molecule has 2 saturated heterocycles. The van der Waals surface area contributed by atoms with Crippen molar-refractivity contribution in [2.24, 2.45) is 5.73 Å². The van der Waals surface area contributed by atoms with E-state index in [0.29, 0.717) is 16.6 Å². The number of carbonyl (C=O) groups is 1. The maximum atomic E-state index is 12.6. The fourth-order valence-corrected chi connectivity index (χ4v) is 3.45. The van der Waals surface area contributed by atoms with Crippen LogP contribution in [0.5, 0.6) is 0 Å². The quantitative estimate of drug-likeness (QED) is 0.862. The number of nitrogens with zero attached hydrogens (tertiary/aromatic N) is 2. The van der Waals surface area contributed by atoms with E-state index in [0.717, 1.165) is 25.1 Å². The third-order valence-corrected chi connectivity index (χ3v) is 4.74. The normalized spacial score (nSPS) is 22.7. The largest absolute Gasteiger partial charge is 0.389 e. The van der Waals surface area contributed by atoms with Crippen molar-refractivity contribution < 1.29 is 4.79 Å². The lowest BCUT2D eigenvalue weighted by Crippen LogP contribution is -2.37. The molecule has 0 aromatic heterocycles. The highest BCUT2D eigenvalue weighted by atomic mass is 32.1. The highest BCUT2D eigenvalue weighted by molar-refractivity contribution is 7.80. The molecule has 112 valence electrons. The van der Waals surface area contributed by atoms with Crippen LogP contribution in [0.2, 0.25) is 0 Å². The van der Waals surface area contributed by atoms with Crippen LogP contribution < -0.4 is 5.73 Å². The molecule has 1 atom stereocenters. The van der Waals surface area contributed by atoms with E-state index in [2.05, 4.69) is 4.90 Å². The van der Waals surface area contributed by atoms with Gasteiger partial charge in [0.2, 0.25) is 0 Å². The van der Waals surface area contributed by atoms with Gasteiger partial charge in [-0.3, -0.25) is 9.69 Å². The minimum absolute atomic E-state index is 0.0924. The molecule has 21 heavy (non-hydrogen) atoms. The SMILES string of the molecule is NC(=S)c1cccc(C(=O)N2CCC(N3CCCC3)C2)c1. The van der Waals surface area contributed by atoms with Crippen molar-refractivity contribution >= 4 is 23.1 Å². The molecule has 5 heteroatoms. The molecule has 1 unspecified atom stereocenters. The molecule has 2 aliphatic rings. The Labute approximate surface area is 130 Å². The first kappa shape index (κ1) is 14.5. The summed E-state index contributed by atoms with van der Waals surface area (Å²) in [5.74, 6) is 0.0924. The molecule has 0 aliphatic carbocycles. The van der Waals surface area contributed by atoms with Gasteiger partial charge in [0.25, 0.3) is 5.91 Å². The van der Waals surface area contributed by atoms with Crippen LogP contribution >= 0.6 is 12.2 Å². The fraction of sp³-hybridized carbons (Fsp3) is 0.500. The van der Waals surface area contributed by atoms with Crippen LogP contribution in [-0.4, -0.2) is 52.9 Å². The molecule has 0 bridgehead atoms. The van der Waals surface area contributed by atoms with Gasteiger partial charge in [-0.1, -0.05) is 24.4 Å². The minimum Gasteiger partial charge on any atom is -0.389 e. The smallest absolute Gasteiger partial charge is 0.253 e. The van der Waals surface area contributed by atoms with Crippen LogP contribution in [-0.2, 0) is 0 Å². The van der Waals surface area contributed by atoms with E-state index in [1.807, 2.05) is 23.1 Å². The van der Waals surface area contributed by atoms with Crippen LogP contribution in [0, 0.1) is 0 Å². The lowest BCUT2D eigenvalue weighted by molar-refractivity contribution is 0.0780. The Balaban J connectivity index is 1.68. The standard InChI is InChI=1S/C16H21N3OS/c17-15(21)12-4-3-5-13(10-12)16(20)19-9-6-14(11-19)18-7-1-2-8-18/h3-5,10,14H,1-2,6-9,11H2,(H2,17,21). The number of benzene rings is 1. The van der Waals surface area contributed by atoms with Crippen LogP contribution in [0.15, 0.2) is 24.3 Å². The summed E-state index contributed by atoms with van der Waals surface area (Å²) in [6.45, 7) is 4.06. The Kier molecular flexibility index (Phi) is 4.22. The molecule has 4 nitrogen and oxygen atoms in total. The van der Waals surface area contributed by atoms with Crippen molar-refractivity contribution in [3.05, 3.63) is 35.4 Å². The minimum atomic E-state index is 0.0924. The van der Waals surface area contributed by atoms with Gasteiger partial charge in [0.15, 0.2) is 0 Å². The highest BCUT2D eigenvalue weighted by Gasteiger charge is 2.31. The zero-order valence-corrected chi connectivity index (χ0v) is 12.9. The van der Waals surface area contributed by atoms with Crippen LogP contribution in [0.3, 0.4) is 0 Å². The summed E-state index contributed by atoms with van der Waals surface area (Å²) < 4.78 is 0. The zero-order chi connectivity index (χ0) is 14.8. The van der Waals surface area contributed by atoms with E-state index in [-0.39, 0.29) is 5.91 Å². The number of amides is 1. The van der Waals surface area contributed by atoms with Crippen molar-refractivity contribution in [1.29, 1.82) is 0 Å². The van der Waals surface area contributed by atoms with Gasteiger partial charge in [0, 0.05) is 30.3 Å². The predicted octanol–water partition coefficient (Wildman–Crippen LogP) is 1.63. The summed E-state index contributed by atoms with van der Waals surface area (Å²) in [7, 11) is 0. The third-order valence-electron chi connectivity index (χ3n) is 4.50. The van der Waals surface area contributed by atoms with Crippen molar-refractivity contribution in [1.82, 2.24) is 9.80 Å². The van der Waals surface area contributed by atoms with Crippen molar-refractivity contribution in [3.63, 3.8) is 0 Å². The van der Waals surface area contributed by atoms with Gasteiger partial charge in [-0.2, -0.15) is 0 Å². The Morgan fingerprint density at radius 3 is 2.62 bits per heavy atom. The van der Waals surface area contributed by atoms with E-state index < -0.39 is 0 Å². The van der Waals surface area contributed by atoms with E-state index in [1.165, 1.54) is 25.9 Å². The van der Waals surface area contributed by atoms with E-state index in [9.17, 15) is 4.79 Å². The number of hydrogen-bond acceptors (Lipinski definition) is 3. The van der Waals surface area contributed by atoms with Crippen LogP contribution in [0.4, 0.5) is 0 Å². The molecule has 2 heterocycles. The van der Waals surface area contributed by atoms with E-state index in [4.69, 9.17) is 18.0 Å². The summed E-state index contributed by atoms with van der Waals surface area (Å²) in [5.41, 5.74) is 7.08. The first-order valence-corrected chi connectivity index (χ1v) is 7.99. The fourth-order valence-electron chi connectivity index (χ4n) is 3.32. The summed E-state index contributed by atoms with van der Waals surface area (Å²) in [4.78, 5) is 17.4. The summed E-state index contributed by atoms with van der Waals surface area (Å²) in [5, 5.41) is 0. The topological polar surface area (TPSA) is 49.6 Å². The lowest BCUT2D eigenvalue weighted by Gasteiger charge is -2.23. The monoisotopic (exact) mass is 303 g/mol. The second kappa shape index (κ2) is 6.12. The molecule has 1 aromatic rings. The Bertz CT molecular complexity index is 554. The molecule has 2 fully saturated rings. The first-order chi connectivity index (χ1) is 10.1. The lowest BCUT2D eigenvalue weighted by atomic mass is 10.1. The van der Waals surface area contributed by atoms with E-state index >= 15 is 0 Å². The third kappa shape index (κ3) is 3.09. The molecular formula is C16H21N3OS. The van der Waals surface area contributed by atoms with E-state index in [1.54, 1.807) is 6.07 Å². The predicted molar refractivity (Wildman–Crippen MR) is 87.4 cm³/mol. The van der Waals surface area contributed by atoms with Gasteiger partial charge < -0.3 is 10.6 Å². The van der Waals surface area contributed by atoms with Gasteiger partial charge in [0.05, 0.1) is 0 Å². The molecule has 1 amide bonds. The van der Waals surface area contributed by atoms with Gasteiger partial charge in [0.1, 0.15) is 4.99 Å². The van der Waals surface area contributed by atoms with Crippen molar-refractivity contribution in [3.8, 4) is 0 Å². The van der Waals surface area contributed by atoms with Crippen molar-refractivity contribution in [2.45, 2.75) is 25.3 Å². The number of hydrogen-bond donors (Lipinski definition) is 1. The van der Waals surface area contributed by atoms with Gasteiger partial charge in [-0.25, -0.2) is 0 Å². The average Bonchev–Trinajstić information content (AvgIpc) is 3.17. The Hall–Kier alpha value is -1.46. The summed E-state index contributed by atoms with van der Waals surface area (Å²) in [6, 6.07) is 7.86. The summed E-state index contributed by atoms with van der Waals surface area (Å²) >= 11 is 4.98. The van der Waals surface area contributed by atoms with Crippen molar-refractivity contribution in [2.75, 3.05) is 26.2 Å². The number of rotatable bonds is 3. The maximum absolute atomic E-state index is 12.6. The molecule has 1 aromatic carbocycles. The molecular weight excluding hydrogens is 282 g/mol. The van der Waals surface area contributed by atoms with Gasteiger partial charge in [-0.05, 0) is 44.5 Å². The van der Waals surface area contributed by atoms with Crippen LogP contribution in [0.25, 0.3) is 0 Å². The molecule has 2 aliphatic heterocycles. The Morgan fingerprint density at radius 2 is 1.90 bits per heavy atom. The second-order valence-corrected chi connectivity index (χ2v) is 6.32. The molecule has 3 rings (SSSR count). The molecule has 2 N–H and O–H groups in total. The summed E-state index contributed by atoms with van der Waals surface area (Å²) in [6.07, 6.45) is 3.67. The molecule has 0 radical (unpaired) electrons. The zero-order valence-electron chi connectivity index (χ0n) is 12.1. The average molecular weight is 303 g/mol. The Morgan fingerprint density at radius 1 is 1.19 bits per heavy atom. The first-order valence-electron chi connectivity index (χ1n) is 7.58. The van der Waals surface area contributed by atoms with Gasteiger partial charge >= 0.3 is 0 Å². The number of thiocarbonyl (C=S) groups is 1. The highest BCUT2D eigenvalue weighted by Crippen LogP contribution is 2.22. The van der Waals surface area contributed by atoms with Gasteiger partial charge in [-0.15, -0.1) is 0 Å². The number of likely N-dealkylation sites (tertiary alicyclic amines) is 2. The molecule has 0 saturated carbocycles. The second-order valence-electron chi connectivity index (χ2n) is 5.88. The molecule has 0 spiro atoms. The number of nitrogens with two attached hydrogens (primary N) is 1. The number of carbonyl (C=O) groups excluding carboxylic acids is 1. The maximum Gasteiger partial charge on any atom is 0.253 e.